The van der Waals surface area contributed by atoms with Crippen molar-refractivity contribution in [1.82, 2.24) is 0 Å². The first-order valence-corrected chi connectivity index (χ1v) is 13.7. The van der Waals surface area contributed by atoms with Gasteiger partial charge in [-0.2, -0.15) is 0 Å². The molecule has 12 unspecified atom stereocenters. The first-order chi connectivity index (χ1) is 15.3. The van der Waals surface area contributed by atoms with E-state index in [-0.39, 0.29) is 23.4 Å². The summed E-state index contributed by atoms with van der Waals surface area (Å²) in [5.41, 5.74) is 0.882. The Balaban J connectivity index is 1.42. The Morgan fingerprint density at radius 1 is 1.00 bits per heavy atom. The van der Waals surface area contributed by atoms with Crippen LogP contribution in [0.25, 0.3) is 0 Å². The number of ether oxygens (including phenoxy) is 1. The zero-order chi connectivity index (χ0) is 24.1. The van der Waals surface area contributed by atoms with Crippen molar-refractivity contribution in [2.75, 3.05) is 6.61 Å². The summed E-state index contributed by atoms with van der Waals surface area (Å²) in [7, 11) is 0. The van der Waals surface area contributed by atoms with Crippen LogP contribution < -0.4 is 0 Å². The van der Waals surface area contributed by atoms with Gasteiger partial charge in [-0.3, -0.25) is 0 Å². The third kappa shape index (κ3) is 3.16. The zero-order valence-electron chi connectivity index (χ0n) is 22.0. The molecule has 4 nitrogen and oxygen atoms in total. The van der Waals surface area contributed by atoms with Gasteiger partial charge in [0.15, 0.2) is 5.79 Å². The van der Waals surface area contributed by atoms with Crippen molar-refractivity contribution < 1.29 is 20.1 Å². The van der Waals surface area contributed by atoms with E-state index in [1.165, 1.54) is 12.8 Å². The molecule has 0 bridgehead atoms. The van der Waals surface area contributed by atoms with E-state index in [2.05, 4.69) is 48.5 Å². The summed E-state index contributed by atoms with van der Waals surface area (Å²) in [4.78, 5) is 0. The predicted molar refractivity (Wildman–Crippen MR) is 130 cm³/mol. The number of aliphatic hydroxyl groups excluding tert-OH is 2. The smallest absolute Gasteiger partial charge is 0.180 e. The lowest BCUT2D eigenvalue weighted by atomic mass is 9.51. The SMILES string of the molecule is CC(C)C(C)C1(C)CC1C(C)C1CCC2C3C(O)C=C4CC(O)CCC4(C)C3(O)OCC12C. The van der Waals surface area contributed by atoms with Gasteiger partial charge in [0.2, 0.25) is 0 Å². The fourth-order valence-corrected chi connectivity index (χ4v) is 9.53. The maximum atomic E-state index is 12.1. The molecule has 3 saturated carbocycles. The van der Waals surface area contributed by atoms with E-state index in [0.717, 1.165) is 23.8 Å². The Morgan fingerprint density at radius 3 is 2.36 bits per heavy atom. The van der Waals surface area contributed by atoms with Crippen LogP contribution in [0.1, 0.15) is 87.0 Å². The molecule has 4 aliphatic carbocycles. The Labute approximate surface area is 201 Å². The van der Waals surface area contributed by atoms with Gasteiger partial charge in [-0.05, 0) is 84.9 Å². The van der Waals surface area contributed by atoms with Crippen LogP contribution in [0.5, 0.6) is 0 Å². The van der Waals surface area contributed by atoms with Gasteiger partial charge in [0, 0.05) is 11.3 Å². The molecule has 12 atom stereocenters. The highest BCUT2D eigenvalue weighted by Crippen LogP contribution is 2.70. The van der Waals surface area contributed by atoms with Crippen LogP contribution in [-0.2, 0) is 4.74 Å². The third-order valence-corrected chi connectivity index (χ3v) is 12.3. The highest BCUT2D eigenvalue weighted by molar-refractivity contribution is 5.31. The minimum atomic E-state index is -1.35. The summed E-state index contributed by atoms with van der Waals surface area (Å²) in [6.07, 6.45) is 6.33. The van der Waals surface area contributed by atoms with Gasteiger partial charge >= 0.3 is 0 Å². The number of aliphatic hydroxyl groups is 3. The van der Waals surface area contributed by atoms with Gasteiger partial charge in [-0.25, -0.2) is 0 Å². The van der Waals surface area contributed by atoms with Crippen LogP contribution in [-0.4, -0.2) is 39.9 Å². The molecule has 5 aliphatic rings. The van der Waals surface area contributed by atoms with Crippen LogP contribution in [0.4, 0.5) is 0 Å². The highest BCUT2D eigenvalue weighted by atomic mass is 16.6. The van der Waals surface area contributed by atoms with Gasteiger partial charge in [0.25, 0.3) is 0 Å². The predicted octanol–water partition coefficient (Wildman–Crippen LogP) is 5.16. The number of hydrogen-bond acceptors (Lipinski definition) is 4. The van der Waals surface area contributed by atoms with Crippen molar-refractivity contribution in [3.8, 4) is 0 Å². The van der Waals surface area contributed by atoms with Gasteiger partial charge in [-0.1, -0.05) is 60.1 Å². The summed E-state index contributed by atoms with van der Waals surface area (Å²) in [5.74, 6) is 2.01. The van der Waals surface area contributed by atoms with Crippen molar-refractivity contribution >= 4 is 0 Å². The fourth-order valence-electron chi connectivity index (χ4n) is 9.53. The van der Waals surface area contributed by atoms with Gasteiger partial charge in [0.05, 0.1) is 18.8 Å². The second-order valence-electron chi connectivity index (χ2n) is 13.9. The molecule has 1 heterocycles. The zero-order valence-corrected chi connectivity index (χ0v) is 22.0. The molecule has 0 amide bonds. The largest absolute Gasteiger partial charge is 0.393 e. The quantitative estimate of drug-likeness (QED) is 0.507. The molecule has 0 radical (unpaired) electrons. The lowest BCUT2D eigenvalue weighted by Gasteiger charge is -2.62. The molecule has 0 aromatic heterocycles. The van der Waals surface area contributed by atoms with E-state index < -0.39 is 17.3 Å². The van der Waals surface area contributed by atoms with Crippen LogP contribution in [0.2, 0.25) is 0 Å². The lowest BCUT2D eigenvalue weighted by molar-refractivity contribution is -0.362. The maximum Gasteiger partial charge on any atom is 0.180 e. The minimum absolute atomic E-state index is 0.0161. The average Bonchev–Trinajstić information content (AvgIpc) is 3.32. The van der Waals surface area contributed by atoms with Crippen molar-refractivity contribution in [1.29, 1.82) is 0 Å². The van der Waals surface area contributed by atoms with Crippen molar-refractivity contribution in [3.05, 3.63) is 11.6 Å². The number of fused-ring (bicyclic) bond motifs is 5. The molecule has 3 N–H and O–H groups in total. The fraction of sp³-hybridized carbons (Fsp3) is 0.931. The first-order valence-electron chi connectivity index (χ1n) is 13.7. The molecule has 4 fully saturated rings. The van der Waals surface area contributed by atoms with Crippen molar-refractivity contribution in [2.45, 2.75) is 105 Å². The summed E-state index contributed by atoms with van der Waals surface area (Å²) in [6, 6.07) is 0. The van der Waals surface area contributed by atoms with E-state index in [0.29, 0.717) is 49.0 Å². The van der Waals surface area contributed by atoms with Crippen LogP contribution in [0.3, 0.4) is 0 Å². The number of rotatable bonds is 4. The van der Waals surface area contributed by atoms with E-state index >= 15 is 0 Å². The average molecular weight is 461 g/mol. The van der Waals surface area contributed by atoms with E-state index in [1.54, 1.807) is 0 Å². The summed E-state index contributed by atoms with van der Waals surface area (Å²) < 4.78 is 6.56. The normalized spacial score (nSPS) is 55.3. The first kappa shape index (κ1) is 24.3. The Kier molecular flexibility index (Phi) is 5.55. The molecular formula is C29H48O4. The monoisotopic (exact) mass is 460 g/mol. The topological polar surface area (TPSA) is 69.9 Å². The van der Waals surface area contributed by atoms with Gasteiger partial charge < -0.3 is 20.1 Å². The van der Waals surface area contributed by atoms with Crippen LogP contribution in [0.15, 0.2) is 11.6 Å². The van der Waals surface area contributed by atoms with Gasteiger partial charge in [-0.15, -0.1) is 0 Å². The van der Waals surface area contributed by atoms with Crippen molar-refractivity contribution in [3.63, 3.8) is 0 Å². The second kappa shape index (κ2) is 7.54. The molecule has 188 valence electrons. The summed E-state index contributed by atoms with van der Waals surface area (Å²) in [5, 5.41) is 33.7. The van der Waals surface area contributed by atoms with Gasteiger partial charge in [0.1, 0.15) is 0 Å². The summed E-state index contributed by atoms with van der Waals surface area (Å²) >= 11 is 0. The van der Waals surface area contributed by atoms with E-state index in [1.807, 2.05) is 6.08 Å². The molecule has 33 heavy (non-hydrogen) atoms. The molecule has 0 aromatic rings. The molecular weight excluding hydrogens is 412 g/mol. The lowest BCUT2D eigenvalue weighted by Crippen LogP contribution is -2.68. The molecule has 1 saturated heterocycles. The minimum Gasteiger partial charge on any atom is -0.393 e. The maximum absolute atomic E-state index is 12.1. The molecule has 4 heteroatoms. The highest BCUT2D eigenvalue weighted by Gasteiger charge is 2.70. The standard InChI is InChI=1S/C29H48O4/c1-16(2)18(4)26(5)14-23(26)17(3)21-8-9-22-25-24(31)13-19-12-20(30)10-11-28(19,7)29(25,32)33-15-27(21,22)6/h13,16-18,20-25,30-32H,8-12,14-15H2,1-7H3. The number of hydrogen-bond donors (Lipinski definition) is 3. The molecule has 0 aromatic carbocycles. The Morgan fingerprint density at radius 2 is 1.70 bits per heavy atom. The molecule has 1 aliphatic heterocycles. The van der Waals surface area contributed by atoms with E-state index in [4.69, 9.17) is 4.74 Å². The van der Waals surface area contributed by atoms with E-state index in [9.17, 15) is 15.3 Å². The molecule has 5 rings (SSSR count). The van der Waals surface area contributed by atoms with Crippen LogP contribution in [0, 0.1) is 57.7 Å². The van der Waals surface area contributed by atoms with Crippen LogP contribution >= 0.6 is 0 Å². The summed E-state index contributed by atoms with van der Waals surface area (Å²) in [6.45, 7) is 17.2. The van der Waals surface area contributed by atoms with Crippen molar-refractivity contribution in [2.24, 2.45) is 57.7 Å². The molecule has 0 spiro atoms. The third-order valence-electron chi connectivity index (χ3n) is 12.3. The second-order valence-corrected chi connectivity index (χ2v) is 13.9. The Hall–Kier alpha value is -0.420. The Bertz CT molecular complexity index is 822.